The fraction of sp³-hybridized carbons (Fsp3) is 0.409. The molecule has 1 amide bonds. The fourth-order valence-corrected chi connectivity index (χ4v) is 5.39. The third-order valence-corrected chi connectivity index (χ3v) is 7.39. The third-order valence-electron chi connectivity index (χ3n) is 5.20. The zero-order chi connectivity index (χ0) is 22.4. The lowest BCUT2D eigenvalue weighted by Crippen LogP contribution is -2.35. The molecule has 168 valence electrons. The summed E-state index contributed by atoms with van der Waals surface area (Å²) >= 11 is 6.24. The number of nitrogens with zero attached hydrogens (tertiary/aromatic N) is 1. The van der Waals surface area contributed by atoms with Crippen LogP contribution >= 0.6 is 11.6 Å². The van der Waals surface area contributed by atoms with Crippen molar-refractivity contribution in [3.05, 3.63) is 53.1 Å². The van der Waals surface area contributed by atoms with Gasteiger partial charge in [0.05, 0.1) is 23.1 Å². The molecule has 31 heavy (non-hydrogen) atoms. The SMILES string of the molecule is COc1ccccc1[C@H](C)NC(=O)COc1ccc(S(=O)(=O)N2CCCCC2)cc1Cl. The number of carbonyl (C=O) groups is 1. The monoisotopic (exact) mass is 466 g/mol. The molecule has 0 radical (unpaired) electrons. The molecule has 1 aliphatic rings. The maximum Gasteiger partial charge on any atom is 0.258 e. The highest BCUT2D eigenvalue weighted by Crippen LogP contribution is 2.30. The maximum atomic E-state index is 12.8. The van der Waals surface area contributed by atoms with Crippen LogP contribution in [0.25, 0.3) is 0 Å². The number of rotatable bonds is 8. The minimum atomic E-state index is -3.58. The van der Waals surface area contributed by atoms with Crippen LogP contribution in [0, 0.1) is 0 Å². The predicted octanol–water partition coefficient (Wildman–Crippen LogP) is 3.78. The number of amides is 1. The Morgan fingerprint density at radius 2 is 1.84 bits per heavy atom. The van der Waals surface area contributed by atoms with E-state index in [0.717, 1.165) is 24.8 Å². The van der Waals surface area contributed by atoms with E-state index in [2.05, 4.69) is 5.32 Å². The molecule has 1 aliphatic heterocycles. The first kappa shape index (κ1) is 23.4. The zero-order valence-electron chi connectivity index (χ0n) is 17.6. The summed E-state index contributed by atoms with van der Waals surface area (Å²) in [6, 6.07) is 11.5. The topological polar surface area (TPSA) is 84.9 Å². The Morgan fingerprint density at radius 1 is 1.13 bits per heavy atom. The summed E-state index contributed by atoms with van der Waals surface area (Å²) < 4.78 is 37.9. The van der Waals surface area contributed by atoms with Crippen molar-refractivity contribution in [2.45, 2.75) is 37.1 Å². The van der Waals surface area contributed by atoms with E-state index in [0.29, 0.717) is 18.8 Å². The summed E-state index contributed by atoms with van der Waals surface area (Å²) in [5.41, 5.74) is 0.851. The van der Waals surface area contributed by atoms with Gasteiger partial charge in [-0.05, 0) is 44.0 Å². The van der Waals surface area contributed by atoms with Gasteiger partial charge in [-0.2, -0.15) is 4.31 Å². The normalized spacial score (nSPS) is 15.8. The lowest BCUT2D eigenvalue weighted by Gasteiger charge is -2.26. The van der Waals surface area contributed by atoms with Gasteiger partial charge in [0.2, 0.25) is 10.0 Å². The van der Waals surface area contributed by atoms with Gasteiger partial charge in [0.25, 0.3) is 5.91 Å². The number of ether oxygens (including phenoxy) is 2. The van der Waals surface area contributed by atoms with Crippen molar-refractivity contribution in [2.75, 3.05) is 26.8 Å². The summed E-state index contributed by atoms with van der Waals surface area (Å²) in [6.45, 7) is 2.63. The molecule has 1 fully saturated rings. The highest BCUT2D eigenvalue weighted by Gasteiger charge is 2.26. The van der Waals surface area contributed by atoms with E-state index in [1.807, 2.05) is 31.2 Å². The Labute approximate surface area is 188 Å². The predicted molar refractivity (Wildman–Crippen MR) is 119 cm³/mol. The summed E-state index contributed by atoms with van der Waals surface area (Å²) in [5, 5.41) is 2.99. The van der Waals surface area contributed by atoms with E-state index in [9.17, 15) is 13.2 Å². The molecule has 7 nitrogen and oxygen atoms in total. The van der Waals surface area contributed by atoms with Crippen molar-refractivity contribution in [1.29, 1.82) is 0 Å². The number of piperidine rings is 1. The smallest absolute Gasteiger partial charge is 0.258 e. The largest absolute Gasteiger partial charge is 0.496 e. The average molecular weight is 467 g/mol. The molecular weight excluding hydrogens is 440 g/mol. The molecular formula is C22H27ClN2O5S. The second-order valence-corrected chi connectivity index (χ2v) is 9.72. The van der Waals surface area contributed by atoms with E-state index in [-0.39, 0.29) is 34.2 Å². The summed E-state index contributed by atoms with van der Waals surface area (Å²) in [5.74, 6) is 0.601. The number of para-hydroxylation sites is 1. The molecule has 2 aromatic rings. The average Bonchev–Trinajstić information content (AvgIpc) is 2.78. The number of hydrogen-bond acceptors (Lipinski definition) is 5. The first-order chi connectivity index (χ1) is 14.8. The molecule has 0 spiro atoms. The number of carbonyl (C=O) groups excluding carboxylic acids is 1. The van der Waals surface area contributed by atoms with Crippen LogP contribution in [0.5, 0.6) is 11.5 Å². The van der Waals surface area contributed by atoms with Gasteiger partial charge < -0.3 is 14.8 Å². The molecule has 9 heteroatoms. The van der Waals surface area contributed by atoms with Crippen LogP contribution in [0.2, 0.25) is 5.02 Å². The van der Waals surface area contributed by atoms with E-state index < -0.39 is 10.0 Å². The lowest BCUT2D eigenvalue weighted by atomic mass is 10.1. The number of hydrogen-bond donors (Lipinski definition) is 1. The molecule has 3 rings (SSSR count). The standard InChI is InChI=1S/C22H27ClN2O5S/c1-16(18-8-4-5-9-20(18)29-2)24-22(26)15-30-21-11-10-17(14-19(21)23)31(27,28)25-12-6-3-7-13-25/h4-5,8-11,14,16H,3,6-7,12-13,15H2,1-2H3,(H,24,26)/t16-/m0/s1. The number of nitrogens with one attached hydrogen (secondary N) is 1. The number of benzene rings is 2. The van der Waals surface area contributed by atoms with Crippen molar-refractivity contribution >= 4 is 27.5 Å². The minimum absolute atomic E-state index is 0.126. The highest BCUT2D eigenvalue weighted by molar-refractivity contribution is 7.89. The van der Waals surface area contributed by atoms with Gasteiger partial charge in [0, 0.05) is 18.7 Å². The summed E-state index contributed by atoms with van der Waals surface area (Å²) in [6.07, 6.45) is 2.75. The van der Waals surface area contributed by atoms with Gasteiger partial charge in [-0.1, -0.05) is 36.2 Å². The minimum Gasteiger partial charge on any atom is -0.496 e. The fourth-order valence-electron chi connectivity index (χ4n) is 3.54. The van der Waals surface area contributed by atoms with Crippen molar-refractivity contribution in [3.8, 4) is 11.5 Å². The molecule has 0 bridgehead atoms. The van der Waals surface area contributed by atoms with Crippen molar-refractivity contribution in [2.24, 2.45) is 0 Å². The Morgan fingerprint density at radius 3 is 2.52 bits per heavy atom. The van der Waals surface area contributed by atoms with E-state index in [1.54, 1.807) is 7.11 Å². The van der Waals surface area contributed by atoms with Crippen molar-refractivity contribution in [3.63, 3.8) is 0 Å². The Balaban J connectivity index is 1.61. The third kappa shape index (κ3) is 5.70. The lowest BCUT2D eigenvalue weighted by molar-refractivity contribution is -0.123. The first-order valence-electron chi connectivity index (χ1n) is 10.2. The van der Waals surface area contributed by atoms with Crippen LogP contribution in [-0.4, -0.2) is 45.4 Å². The highest BCUT2D eigenvalue weighted by atomic mass is 35.5. The van der Waals surface area contributed by atoms with Crippen LogP contribution < -0.4 is 14.8 Å². The summed E-state index contributed by atoms with van der Waals surface area (Å²) in [7, 11) is -2.01. The molecule has 1 heterocycles. The van der Waals surface area contributed by atoms with Crippen LogP contribution in [0.1, 0.15) is 37.8 Å². The van der Waals surface area contributed by atoms with Gasteiger partial charge >= 0.3 is 0 Å². The molecule has 0 unspecified atom stereocenters. The van der Waals surface area contributed by atoms with Crippen LogP contribution in [0.15, 0.2) is 47.4 Å². The molecule has 0 aromatic heterocycles. The molecule has 2 aromatic carbocycles. The molecule has 1 N–H and O–H groups in total. The quantitative estimate of drug-likeness (QED) is 0.640. The zero-order valence-corrected chi connectivity index (χ0v) is 19.2. The van der Waals surface area contributed by atoms with Crippen molar-refractivity contribution < 1.29 is 22.7 Å². The van der Waals surface area contributed by atoms with Gasteiger partial charge in [-0.25, -0.2) is 8.42 Å². The number of methoxy groups -OCH3 is 1. The molecule has 1 saturated heterocycles. The van der Waals surface area contributed by atoms with Gasteiger partial charge in [-0.15, -0.1) is 0 Å². The van der Waals surface area contributed by atoms with E-state index in [4.69, 9.17) is 21.1 Å². The van der Waals surface area contributed by atoms with E-state index >= 15 is 0 Å². The molecule has 0 saturated carbocycles. The number of halogens is 1. The van der Waals surface area contributed by atoms with Gasteiger partial charge in [0.1, 0.15) is 11.5 Å². The summed E-state index contributed by atoms with van der Waals surface area (Å²) in [4.78, 5) is 12.4. The van der Waals surface area contributed by atoms with Crippen LogP contribution in [0.3, 0.4) is 0 Å². The number of sulfonamides is 1. The maximum absolute atomic E-state index is 12.8. The Bertz CT molecular complexity index is 1020. The Kier molecular flexibility index (Phi) is 7.80. The second kappa shape index (κ2) is 10.3. The molecule has 0 aliphatic carbocycles. The van der Waals surface area contributed by atoms with Gasteiger partial charge in [0.15, 0.2) is 6.61 Å². The first-order valence-corrected chi connectivity index (χ1v) is 12.0. The van der Waals surface area contributed by atoms with Crippen LogP contribution in [-0.2, 0) is 14.8 Å². The Hall–Kier alpha value is -2.29. The second-order valence-electron chi connectivity index (χ2n) is 7.38. The molecule has 1 atom stereocenters. The van der Waals surface area contributed by atoms with E-state index in [1.165, 1.54) is 22.5 Å². The van der Waals surface area contributed by atoms with Crippen molar-refractivity contribution in [1.82, 2.24) is 9.62 Å². The van der Waals surface area contributed by atoms with Crippen LogP contribution in [0.4, 0.5) is 0 Å². The van der Waals surface area contributed by atoms with Gasteiger partial charge in [-0.3, -0.25) is 4.79 Å².